The number of nitrogens with zero attached hydrogens (tertiary/aromatic N) is 2. The first-order chi connectivity index (χ1) is 14.1. The van der Waals surface area contributed by atoms with Crippen LogP contribution in [0.2, 0.25) is 0 Å². The zero-order chi connectivity index (χ0) is 20.9. The number of hydrogen-bond acceptors (Lipinski definition) is 3. The first-order valence-electron chi connectivity index (χ1n) is 11.3. The molecule has 0 spiro atoms. The van der Waals surface area contributed by atoms with Gasteiger partial charge in [0, 0.05) is 12.0 Å². The molecule has 1 aromatic carbocycles. The molecule has 0 saturated heterocycles. The van der Waals surface area contributed by atoms with Gasteiger partial charge in [0.25, 0.3) is 0 Å². The maximum Gasteiger partial charge on any atom is 0.159 e. The predicted octanol–water partition coefficient (Wildman–Crippen LogP) is 7.20. The molecule has 0 aliphatic heterocycles. The fourth-order valence-corrected chi connectivity index (χ4v) is 3.30. The minimum absolute atomic E-state index is 0.0706. The summed E-state index contributed by atoms with van der Waals surface area (Å²) in [6, 6.07) is 8.51. The molecule has 0 aliphatic rings. The number of rotatable bonds is 14. The Bertz CT molecular complexity index is 672. The SMILES string of the molecule is CCCCCCCCc1ccc(-c2ncc(OCCC(F)C(C)CC)cn2)cc1. The first kappa shape index (κ1) is 23.3. The molecule has 2 unspecified atom stereocenters. The van der Waals surface area contributed by atoms with Crippen LogP contribution in [0.15, 0.2) is 36.7 Å². The van der Waals surface area contributed by atoms with E-state index in [9.17, 15) is 4.39 Å². The van der Waals surface area contributed by atoms with Gasteiger partial charge in [-0.05, 0) is 24.3 Å². The number of ether oxygens (including phenoxy) is 1. The van der Waals surface area contributed by atoms with E-state index in [2.05, 4.69) is 41.2 Å². The Morgan fingerprint density at radius 2 is 1.59 bits per heavy atom. The van der Waals surface area contributed by atoms with Crippen molar-refractivity contribution in [3.05, 3.63) is 42.2 Å². The summed E-state index contributed by atoms with van der Waals surface area (Å²) in [5, 5.41) is 0. The molecule has 160 valence electrons. The van der Waals surface area contributed by atoms with Crippen molar-refractivity contribution in [1.82, 2.24) is 9.97 Å². The van der Waals surface area contributed by atoms with Gasteiger partial charge in [0.05, 0.1) is 19.0 Å². The first-order valence-corrected chi connectivity index (χ1v) is 11.3. The zero-order valence-electron chi connectivity index (χ0n) is 18.4. The highest BCUT2D eigenvalue weighted by Gasteiger charge is 2.14. The zero-order valence-corrected chi connectivity index (χ0v) is 18.4. The fourth-order valence-electron chi connectivity index (χ4n) is 3.30. The Balaban J connectivity index is 1.76. The Hall–Kier alpha value is -1.97. The van der Waals surface area contributed by atoms with Gasteiger partial charge in [0.1, 0.15) is 6.17 Å². The second-order valence-electron chi connectivity index (χ2n) is 8.00. The molecule has 0 fully saturated rings. The minimum Gasteiger partial charge on any atom is -0.490 e. The van der Waals surface area contributed by atoms with Crippen LogP contribution in [0.4, 0.5) is 4.39 Å². The van der Waals surface area contributed by atoms with Gasteiger partial charge in [-0.1, -0.05) is 83.6 Å². The third-order valence-electron chi connectivity index (χ3n) is 5.58. The van der Waals surface area contributed by atoms with E-state index in [-0.39, 0.29) is 5.92 Å². The second kappa shape index (κ2) is 13.3. The summed E-state index contributed by atoms with van der Waals surface area (Å²) in [6.07, 6.45) is 12.8. The van der Waals surface area contributed by atoms with Crippen LogP contribution in [0.3, 0.4) is 0 Å². The number of unbranched alkanes of at least 4 members (excludes halogenated alkanes) is 5. The molecule has 0 saturated carbocycles. The highest BCUT2D eigenvalue weighted by atomic mass is 19.1. The molecule has 1 aromatic heterocycles. The van der Waals surface area contributed by atoms with Crippen molar-refractivity contribution in [3.63, 3.8) is 0 Å². The third-order valence-corrected chi connectivity index (χ3v) is 5.58. The van der Waals surface area contributed by atoms with Gasteiger partial charge in [0.2, 0.25) is 0 Å². The summed E-state index contributed by atoms with van der Waals surface area (Å²) in [7, 11) is 0. The van der Waals surface area contributed by atoms with Crippen molar-refractivity contribution in [3.8, 4) is 17.1 Å². The average molecular weight is 401 g/mol. The Labute approximate surface area is 176 Å². The summed E-state index contributed by atoms with van der Waals surface area (Å²) >= 11 is 0. The molecule has 2 atom stereocenters. The van der Waals surface area contributed by atoms with E-state index in [1.807, 2.05) is 13.8 Å². The lowest BCUT2D eigenvalue weighted by atomic mass is 10.0. The lowest BCUT2D eigenvalue weighted by Crippen LogP contribution is -2.15. The summed E-state index contributed by atoms with van der Waals surface area (Å²) < 4.78 is 19.4. The van der Waals surface area contributed by atoms with Crippen LogP contribution >= 0.6 is 0 Å². The molecule has 0 aliphatic carbocycles. The van der Waals surface area contributed by atoms with Crippen molar-refractivity contribution in [1.29, 1.82) is 0 Å². The van der Waals surface area contributed by atoms with Gasteiger partial charge in [-0.3, -0.25) is 0 Å². The topological polar surface area (TPSA) is 35.0 Å². The fraction of sp³-hybridized carbons (Fsp3) is 0.600. The van der Waals surface area contributed by atoms with Crippen LogP contribution in [0.25, 0.3) is 11.4 Å². The molecule has 1 heterocycles. The van der Waals surface area contributed by atoms with Crippen LogP contribution in [0.1, 0.15) is 77.7 Å². The van der Waals surface area contributed by atoms with Crippen LogP contribution in [0, 0.1) is 5.92 Å². The monoisotopic (exact) mass is 400 g/mol. The predicted molar refractivity (Wildman–Crippen MR) is 119 cm³/mol. The van der Waals surface area contributed by atoms with E-state index in [1.165, 1.54) is 44.1 Å². The second-order valence-corrected chi connectivity index (χ2v) is 8.00. The Morgan fingerprint density at radius 3 is 2.24 bits per heavy atom. The molecule has 3 nitrogen and oxygen atoms in total. The van der Waals surface area contributed by atoms with E-state index < -0.39 is 6.17 Å². The van der Waals surface area contributed by atoms with E-state index >= 15 is 0 Å². The normalized spacial score (nSPS) is 13.2. The Morgan fingerprint density at radius 1 is 0.931 bits per heavy atom. The van der Waals surface area contributed by atoms with Gasteiger partial charge in [0.15, 0.2) is 11.6 Å². The molecular formula is C25H37FN2O. The van der Waals surface area contributed by atoms with E-state index in [1.54, 1.807) is 12.4 Å². The van der Waals surface area contributed by atoms with E-state index in [0.717, 1.165) is 18.4 Å². The summed E-state index contributed by atoms with van der Waals surface area (Å²) in [4.78, 5) is 8.80. The summed E-state index contributed by atoms with van der Waals surface area (Å²) in [5.41, 5.74) is 2.37. The molecule has 2 rings (SSSR count). The van der Waals surface area contributed by atoms with Crippen molar-refractivity contribution in [2.24, 2.45) is 5.92 Å². The number of aryl methyl sites for hydroxylation is 1. The maximum atomic E-state index is 13.9. The largest absolute Gasteiger partial charge is 0.490 e. The molecule has 0 N–H and O–H groups in total. The van der Waals surface area contributed by atoms with Gasteiger partial charge >= 0.3 is 0 Å². The van der Waals surface area contributed by atoms with Crippen LogP contribution < -0.4 is 4.74 Å². The molecule has 0 amide bonds. The molecule has 4 heteroatoms. The number of alkyl halides is 1. The molecule has 29 heavy (non-hydrogen) atoms. The molecule has 0 bridgehead atoms. The maximum absolute atomic E-state index is 13.9. The van der Waals surface area contributed by atoms with Gasteiger partial charge < -0.3 is 4.74 Å². The van der Waals surface area contributed by atoms with Crippen LogP contribution in [-0.4, -0.2) is 22.7 Å². The Kier molecular flexibility index (Phi) is 10.7. The van der Waals surface area contributed by atoms with Crippen molar-refractivity contribution < 1.29 is 9.13 Å². The lowest BCUT2D eigenvalue weighted by Gasteiger charge is -2.14. The van der Waals surface area contributed by atoms with E-state index in [4.69, 9.17) is 4.74 Å². The number of benzene rings is 1. The minimum atomic E-state index is -0.824. The lowest BCUT2D eigenvalue weighted by molar-refractivity contribution is 0.181. The summed E-state index contributed by atoms with van der Waals surface area (Å²) in [5.74, 6) is 1.34. The van der Waals surface area contributed by atoms with Crippen molar-refractivity contribution in [2.75, 3.05) is 6.61 Å². The van der Waals surface area contributed by atoms with Crippen LogP contribution in [0.5, 0.6) is 5.75 Å². The van der Waals surface area contributed by atoms with Crippen molar-refractivity contribution >= 4 is 0 Å². The smallest absolute Gasteiger partial charge is 0.159 e. The number of halogens is 1. The van der Waals surface area contributed by atoms with Gasteiger partial charge in [-0.25, -0.2) is 14.4 Å². The average Bonchev–Trinajstić information content (AvgIpc) is 2.76. The van der Waals surface area contributed by atoms with Gasteiger partial charge in [-0.15, -0.1) is 0 Å². The van der Waals surface area contributed by atoms with Crippen LogP contribution in [-0.2, 0) is 6.42 Å². The summed E-state index contributed by atoms with van der Waals surface area (Å²) in [6.45, 7) is 6.54. The number of aromatic nitrogens is 2. The highest BCUT2D eigenvalue weighted by Crippen LogP contribution is 2.20. The third kappa shape index (κ3) is 8.51. The van der Waals surface area contributed by atoms with Gasteiger partial charge in [-0.2, -0.15) is 0 Å². The standard InChI is InChI=1S/C25H37FN2O/c1-4-6-7-8-9-10-11-21-12-14-22(15-13-21)25-27-18-23(19-28-25)29-17-16-24(26)20(3)5-2/h12-15,18-20,24H,4-11,16-17H2,1-3H3. The molecule has 2 aromatic rings. The molecule has 0 radical (unpaired) electrons. The molecular weight excluding hydrogens is 363 g/mol. The highest BCUT2D eigenvalue weighted by molar-refractivity contribution is 5.55. The quantitative estimate of drug-likeness (QED) is 0.314. The number of hydrogen-bond donors (Lipinski definition) is 0. The van der Waals surface area contributed by atoms with E-state index in [0.29, 0.717) is 24.6 Å². The van der Waals surface area contributed by atoms with Crippen molar-refractivity contribution in [2.45, 2.75) is 84.7 Å².